The minimum atomic E-state index is 0.0974. The van der Waals surface area contributed by atoms with E-state index < -0.39 is 0 Å². The molecule has 0 saturated carbocycles. The Balaban J connectivity index is 2.09. The SMILES string of the molecule is NC1CN(c2ccccc2)CC1CO. The van der Waals surface area contributed by atoms with Crippen molar-refractivity contribution in [1.82, 2.24) is 0 Å². The van der Waals surface area contributed by atoms with Crippen molar-refractivity contribution >= 4 is 5.69 Å². The van der Waals surface area contributed by atoms with Gasteiger partial charge in [0.2, 0.25) is 0 Å². The molecule has 3 heteroatoms. The summed E-state index contributed by atoms with van der Waals surface area (Å²) in [5.41, 5.74) is 7.11. The van der Waals surface area contributed by atoms with E-state index in [-0.39, 0.29) is 18.6 Å². The molecule has 0 amide bonds. The number of aliphatic hydroxyl groups excluding tert-OH is 1. The van der Waals surface area contributed by atoms with Gasteiger partial charge in [-0.3, -0.25) is 0 Å². The summed E-state index contributed by atoms with van der Waals surface area (Å²) in [6.07, 6.45) is 0. The van der Waals surface area contributed by atoms with Gasteiger partial charge in [-0.25, -0.2) is 0 Å². The molecule has 2 atom stereocenters. The van der Waals surface area contributed by atoms with E-state index in [9.17, 15) is 0 Å². The van der Waals surface area contributed by atoms with E-state index in [1.807, 2.05) is 18.2 Å². The Bertz CT molecular complexity index is 289. The lowest BCUT2D eigenvalue weighted by Crippen LogP contribution is -2.31. The summed E-state index contributed by atoms with van der Waals surface area (Å²) >= 11 is 0. The van der Waals surface area contributed by atoms with Gasteiger partial charge >= 0.3 is 0 Å². The van der Waals surface area contributed by atoms with E-state index in [1.54, 1.807) is 0 Å². The third-order valence-electron chi connectivity index (χ3n) is 2.85. The first-order chi connectivity index (χ1) is 6.81. The average Bonchev–Trinajstić information content (AvgIpc) is 2.61. The number of anilines is 1. The average molecular weight is 192 g/mol. The van der Waals surface area contributed by atoms with Gasteiger partial charge in [0.25, 0.3) is 0 Å². The highest BCUT2D eigenvalue weighted by Gasteiger charge is 2.29. The molecule has 1 saturated heterocycles. The van der Waals surface area contributed by atoms with Gasteiger partial charge in [0.15, 0.2) is 0 Å². The van der Waals surface area contributed by atoms with Crippen molar-refractivity contribution in [1.29, 1.82) is 0 Å². The summed E-state index contributed by atoms with van der Waals surface area (Å²) in [5.74, 6) is 0.218. The Morgan fingerprint density at radius 2 is 2.00 bits per heavy atom. The van der Waals surface area contributed by atoms with E-state index in [4.69, 9.17) is 10.8 Å². The lowest BCUT2D eigenvalue weighted by molar-refractivity contribution is 0.228. The second-order valence-electron chi connectivity index (χ2n) is 3.85. The van der Waals surface area contributed by atoms with Crippen LogP contribution in [0.15, 0.2) is 30.3 Å². The molecule has 0 bridgehead atoms. The lowest BCUT2D eigenvalue weighted by atomic mass is 10.1. The molecule has 76 valence electrons. The van der Waals surface area contributed by atoms with Crippen LogP contribution in [0.1, 0.15) is 0 Å². The molecule has 0 aromatic heterocycles. The summed E-state index contributed by atoms with van der Waals surface area (Å²) in [6, 6.07) is 10.3. The topological polar surface area (TPSA) is 49.5 Å². The maximum Gasteiger partial charge on any atom is 0.0491 e. The van der Waals surface area contributed by atoms with Crippen LogP contribution in [0.25, 0.3) is 0 Å². The molecule has 3 N–H and O–H groups in total. The molecule has 1 aromatic carbocycles. The lowest BCUT2D eigenvalue weighted by Gasteiger charge is -2.17. The standard InChI is InChI=1S/C11H16N2O/c12-11-7-13(6-9(11)8-14)10-4-2-1-3-5-10/h1-5,9,11,14H,6-8,12H2. The minimum Gasteiger partial charge on any atom is -0.396 e. The smallest absolute Gasteiger partial charge is 0.0491 e. The van der Waals surface area contributed by atoms with E-state index in [0.717, 1.165) is 13.1 Å². The molecule has 1 heterocycles. The van der Waals surface area contributed by atoms with Crippen molar-refractivity contribution in [2.75, 3.05) is 24.6 Å². The molecule has 2 rings (SSSR count). The summed E-state index contributed by atoms with van der Waals surface area (Å²) < 4.78 is 0. The summed E-state index contributed by atoms with van der Waals surface area (Å²) in [7, 11) is 0. The zero-order valence-electron chi connectivity index (χ0n) is 8.13. The summed E-state index contributed by atoms with van der Waals surface area (Å²) in [6.45, 7) is 1.89. The van der Waals surface area contributed by atoms with Crippen molar-refractivity contribution in [2.24, 2.45) is 11.7 Å². The third kappa shape index (κ3) is 1.74. The van der Waals surface area contributed by atoms with Crippen molar-refractivity contribution < 1.29 is 5.11 Å². The third-order valence-corrected chi connectivity index (χ3v) is 2.85. The van der Waals surface area contributed by atoms with E-state index >= 15 is 0 Å². The molecule has 1 fully saturated rings. The van der Waals surface area contributed by atoms with Crippen LogP contribution in [0.2, 0.25) is 0 Å². The Morgan fingerprint density at radius 3 is 2.57 bits per heavy atom. The fraction of sp³-hybridized carbons (Fsp3) is 0.455. The van der Waals surface area contributed by atoms with Gasteiger partial charge < -0.3 is 15.7 Å². The second-order valence-corrected chi connectivity index (χ2v) is 3.85. The predicted octanol–water partition coefficient (Wildman–Crippen LogP) is 0.442. The molecular formula is C11H16N2O. The van der Waals surface area contributed by atoms with Gasteiger partial charge in [0, 0.05) is 37.3 Å². The second kappa shape index (κ2) is 3.98. The van der Waals surface area contributed by atoms with Gasteiger partial charge in [-0.15, -0.1) is 0 Å². The number of para-hydroxylation sites is 1. The first-order valence-electron chi connectivity index (χ1n) is 4.97. The van der Waals surface area contributed by atoms with Crippen LogP contribution in [0.3, 0.4) is 0 Å². The first-order valence-corrected chi connectivity index (χ1v) is 4.97. The van der Waals surface area contributed by atoms with Gasteiger partial charge in [0.1, 0.15) is 0 Å². The number of rotatable bonds is 2. The van der Waals surface area contributed by atoms with Crippen molar-refractivity contribution in [3.05, 3.63) is 30.3 Å². The highest BCUT2D eigenvalue weighted by atomic mass is 16.3. The quantitative estimate of drug-likeness (QED) is 0.715. The molecule has 2 unspecified atom stereocenters. The molecule has 0 aliphatic carbocycles. The Hall–Kier alpha value is -1.06. The molecule has 3 nitrogen and oxygen atoms in total. The fourth-order valence-electron chi connectivity index (χ4n) is 1.94. The van der Waals surface area contributed by atoms with Gasteiger partial charge in [-0.2, -0.15) is 0 Å². The predicted molar refractivity (Wildman–Crippen MR) is 57.2 cm³/mol. The molecule has 1 aliphatic rings. The zero-order chi connectivity index (χ0) is 9.97. The van der Waals surface area contributed by atoms with Crippen LogP contribution in [-0.2, 0) is 0 Å². The van der Waals surface area contributed by atoms with Crippen molar-refractivity contribution in [2.45, 2.75) is 6.04 Å². The molecule has 1 aliphatic heterocycles. The van der Waals surface area contributed by atoms with Crippen LogP contribution < -0.4 is 10.6 Å². The Morgan fingerprint density at radius 1 is 1.29 bits per heavy atom. The largest absolute Gasteiger partial charge is 0.396 e. The maximum absolute atomic E-state index is 9.09. The number of benzene rings is 1. The number of nitrogens with two attached hydrogens (primary N) is 1. The molecular weight excluding hydrogens is 176 g/mol. The van der Waals surface area contributed by atoms with Crippen LogP contribution in [0, 0.1) is 5.92 Å². The van der Waals surface area contributed by atoms with E-state index in [1.165, 1.54) is 5.69 Å². The maximum atomic E-state index is 9.09. The van der Waals surface area contributed by atoms with Gasteiger partial charge in [-0.05, 0) is 12.1 Å². The highest BCUT2D eigenvalue weighted by Crippen LogP contribution is 2.22. The monoisotopic (exact) mass is 192 g/mol. The number of nitrogens with zero attached hydrogens (tertiary/aromatic N) is 1. The first kappa shape index (κ1) is 9.49. The zero-order valence-corrected chi connectivity index (χ0v) is 8.13. The Kier molecular flexibility index (Phi) is 2.70. The van der Waals surface area contributed by atoms with Crippen LogP contribution in [-0.4, -0.2) is 30.8 Å². The van der Waals surface area contributed by atoms with Crippen LogP contribution in [0.4, 0.5) is 5.69 Å². The Labute approximate surface area is 84.1 Å². The normalized spacial score (nSPS) is 26.9. The van der Waals surface area contributed by atoms with Crippen LogP contribution in [0.5, 0.6) is 0 Å². The number of hydrogen-bond donors (Lipinski definition) is 2. The molecule has 0 radical (unpaired) electrons. The van der Waals surface area contributed by atoms with Crippen LogP contribution >= 0.6 is 0 Å². The molecule has 0 spiro atoms. The van der Waals surface area contributed by atoms with E-state index in [2.05, 4.69) is 17.0 Å². The number of hydrogen-bond acceptors (Lipinski definition) is 3. The van der Waals surface area contributed by atoms with Gasteiger partial charge in [0.05, 0.1) is 0 Å². The van der Waals surface area contributed by atoms with E-state index in [0.29, 0.717) is 0 Å². The van der Waals surface area contributed by atoms with Gasteiger partial charge in [-0.1, -0.05) is 18.2 Å². The minimum absolute atomic E-state index is 0.0974. The summed E-state index contributed by atoms with van der Waals surface area (Å²) in [5, 5.41) is 9.09. The molecule has 14 heavy (non-hydrogen) atoms. The fourth-order valence-corrected chi connectivity index (χ4v) is 1.94. The molecule has 1 aromatic rings. The highest BCUT2D eigenvalue weighted by molar-refractivity contribution is 5.47. The van der Waals surface area contributed by atoms with Crippen molar-refractivity contribution in [3.63, 3.8) is 0 Å². The summed E-state index contributed by atoms with van der Waals surface area (Å²) in [4.78, 5) is 2.23. The number of aliphatic hydroxyl groups is 1. The van der Waals surface area contributed by atoms with Crippen molar-refractivity contribution in [3.8, 4) is 0 Å².